The van der Waals surface area contributed by atoms with E-state index in [0.717, 1.165) is 19.3 Å². The predicted octanol–water partition coefficient (Wildman–Crippen LogP) is 8.20. The van der Waals surface area contributed by atoms with Crippen LogP contribution in [0.25, 0.3) is 0 Å². The molecule has 1 radical (unpaired) electrons. The number of rotatable bonds is 23. The Morgan fingerprint density at radius 3 is 1.63 bits per heavy atom. The summed E-state index contributed by atoms with van der Waals surface area (Å²) >= 11 is 0. The molecule has 0 aliphatic rings. The Morgan fingerprint density at radius 2 is 1.16 bits per heavy atom. The van der Waals surface area contributed by atoms with Crippen molar-refractivity contribution >= 4 is 63.5 Å². The van der Waals surface area contributed by atoms with Crippen LogP contribution in [0.4, 0.5) is 0 Å². The van der Waals surface area contributed by atoms with Gasteiger partial charge in [0, 0.05) is 6.04 Å². The van der Waals surface area contributed by atoms with Crippen LogP contribution in [0.5, 0.6) is 0 Å². The van der Waals surface area contributed by atoms with Crippen molar-refractivity contribution in [2.24, 2.45) is 5.92 Å². The second-order valence-corrected chi connectivity index (χ2v) is 36.1. The Balaban J connectivity index is 6.37. The molecule has 0 heterocycles. The zero-order valence-corrected chi connectivity index (χ0v) is 36.2. The second-order valence-electron chi connectivity index (χ2n) is 14.4. The molecule has 0 saturated heterocycles. The van der Waals surface area contributed by atoms with Gasteiger partial charge in [0.1, 0.15) is 0 Å². The molecule has 0 aliphatic carbocycles. The van der Waals surface area contributed by atoms with Gasteiger partial charge in [-0.25, -0.2) is 0 Å². The summed E-state index contributed by atoms with van der Waals surface area (Å²) in [4.78, 5) is 26.0. The molecule has 4 unspecified atom stereocenters. The van der Waals surface area contributed by atoms with E-state index in [2.05, 4.69) is 46.2 Å². The molecule has 0 aromatic carbocycles. The van der Waals surface area contributed by atoms with Gasteiger partial charge >= 0.3 is 46.9 Å². The molecule has 0 rings (SSSR count). The summed E-state index contributed by atoms with van der Waals surface area (Å²) in [5, 5.41) is 0. The van der Waals surface area contributed by atoms with Crippen molar-refractivity contribution in [2.75, 3.05) is 14.2 Å². The lowest BCUT2D eigenvalue weighted by atomic mass is 10.1. The van der Waals surface area contributed by atoms with E-state index in [9.17, 15) is 9.59 Å². The normalized spacial score (nSPS) is 17.2. The quantitative estimate of drug-likeness (QED) is 0.0590. The maximum Gasteiger partial charge on any atom is 0.362 e. The third-order valence-corrected chi connectivity index (χ3v) is 27.7. The monoisotopic (exact) mass is 713 g/mol. The Morgan fingerprint density at radius 1 is 0.674 bits per heavy atom. The summed E-state index contributed by atoms with van der Waals surface area (Å²) in [6.45, 7) is 26.8. The largest absolute Gasteiger partial charge is 0.469 e. The molecule has 0 saturated carbocycles. The first-order valence-electron chi connectivity index (χ1n) is 16.0. The topological polar surface area (TPSA) is 98.8 Å². The van der Waals surface area contributed by atoms with Crippen molar-refractivity contribution in [2.45, 2.75) is 149 Å². The number of hydrogen-bond donors (Lipinski definition) is 0. The van der Waals surface area contributed by atoms with Crippen LogP contribution in [0.2, 0.25) is 83.6 Å². The predicted molar refractivity (Wildman–Crippen MR) is 189 cm³/mol. The highest BCUT2D eigenvalue weighted by Crippen LogP contribution is 2.38. The van der Waals surface area contributed by atoms with Gasteiger partial charge in [0.25, 0.3) is 0 Å². The van der Waals surface area contributed by atoms with Crippen molar-refractivity contribution < 1.29 is 39.6 Å². The van der Waals surface area contributed by atoms with Gasteiger partial charge < -0.3 is 30.0 Å². The highest BCUT2D eigenvalue weighted by molar-refractivity contribution is 6.90. The Kier molecular flexibility index (Phi) is 19.0. The molecule has 0 amide bonds. The molecule has 9 nitrogen and oxygen atoms in total. The van der Waals surface area contributed by atoms with Crippen molar-refractivity contribution in [1.82, 2.24) is 0 Å². The van der Waals surface area contributed by atoms with Crippen molar-refractivity contribution in [1.29, 1.82) is 0 Å². The molecule has 4 atom stereocenters. The first kappa shape index (κ1) is 43.0. The molecule has 0 bridgehead atoms. The number of unbranched alkanes of at least 4 members (excludes halogenated alkanes) is 6. The average Bonchev–Trinajstić information content (AvgIpc) is 2.80. The van der Waals surface area contributed by atoms with E-state index < -0.39 is 63.1 Å². The minimum absolute atomic E-state index is 0.300. The summed E-state index contributed by atoms with van der Waals surface area (Å²) in [6, 6.07) is 0.352. The Hall–Kier alpha value is 0.0413. The number of hydrogen-bond acceptors (Lipinski definition) is 9. The molecule has 43 heavy (non-hydrogen) atoms. The standard InChI is InChI=1S/C28H65O9Si6/c1-16-17-18-19-20-21-22-23-26(28(30)32-4)43(15,36-40(9,10)11)37-42(14,24-25(2)27(29)31-3)34-38(5)33-41(12,13)35-39(6,7)8/h25-26H,16-24H2,1-15H3. The van der Waals surface area contributed by atoms with Crippen LogP contribution >= 0.6 is 0 Å². The summed E-state index contributed by atoms with van der Waals surface area (Å²) < 4.78 is 44.1. The number of carbonyl (C=O) groups excluding carboxylic acids is 2. The molecule has 0 fully saturated rings. The van der Waals surface area contributed by atoms with Gasteiger partial charge in [-0.3, -0.25) is 9.59 Å². The van der Waals surface area contributed by atoms with E-state index in [4.69, 9.17) is 30.0 Å². The van der Waals surface area contributed by atoms with Gasteiger partial charge in [-0.05, 0) is 78.4 Å². The minimum Gasteiger partial charge on any atom is -0.469 e. The summed E-state index contributed by atoms with van der Waals surface area (Å²) in [7, 11) is -12.0. The van der Waals surface area contributed by atoms with E-state index in [0.29, 0.717) is 12.5 Å². The van der Waals surface area contributed by atoms with Crippen LogP contribution in [0.1, 0.15) is 65.2 Å². The highest BCUT2D eigenvalue weighted by Gasteiger charge is 2.54. The molecule has 0 spiro atoms. The van der Waals surface area contributed by atoms with Gasteiger partial charge in [-0.1, -0.05) is 58.8 Å². The third-order valence-electron chi connectivity index (χ3n) is 6.72. The first-order chi connectivity index (χ1) is 19.5. The highest BCUT2D eigenvalue weighted by atomic mass is 28.5. The zero-order chi connectivity index (χ0) is 33.7. The lowest BCUT2D eigenvalue weighted by Gasteiger charge is -2.44. The molecule has 0 N–H and O–H groups in total. The minimum atomic E-state index is -3.27. The van der Waals surface area contributed by atoms with Crippen LogP contribution in [-0.2, 0) is 39.6 Å². The number of ether oxygens (including phenoxy) is 2. The van der Waals surface area contributed by atoms with Gasteiger partial charge in [0.15, 0.2) is 16.6 Å². The lowest BCUT2D eigenvalue weighted by molar-refractivity contribution is -0.144. The molecule has 0 aromatic rings. The molecular formula is C28H65O9Si6. The SMILES string of the molecule is CCCCCCCCCC(C(=O)OC)[Si](C)(O[Si](C)(C)C)O[Si](C)(CC(C)C(=O)OC)O[Si](C)O[Si](C)(C)O[Si](C)(C)C. The van der Waals surface area contributed by atoms with Crippen molar-refractivity contribution in [3.05, 3.63) is 0 Å². The number of carbonyl (C=O) groups is 2. The first-order valence-corrected chi connectivity index (χ1v) is 32.4. The van der Waals surface area contributed by atoms with Gasteiger partial charge in [0.05, 0.1) is 25.7 Å². The van der Waals surface area contributed by atoms with E-state index in [1.165, 1.54) is 39.9 Å². The van der Waals surface area contributed by atoms with Gasteiger partial charge in [-0.15, -0.1) is 0 Å². The average molecular weight is 714 g/mol. The van der Waals surface area contributed by atoms with Crippen LogP contribution in [-0.4, -0.2) is 77.8 Å². The smallest absolute Gasteiger partial charge is 0.362 e. The summed E-state index contributed by atoms with van der Waals surface area (Å²) in [6.07, 6.45) is 8.65. The van der Waals surface area contributed by atoms with Crippen molar-refractivity contribution in [3.8, 4) is 0 Å². The third kappa shape index (κ3) is 18.7. The molecule has 0 aliphatic heterocycles. The van der Waals surface area contributed by atoms with E-state index in [1.807, 2.05) is 39.7 Å². The molecule has 15 heteroatoms. The van der Waals surface area contributed by atoms with E-state index in [1.54, 1.807) is 0 Å². The van der Waals surface area contributed by atoms with Crippen molar-refractivity contribution in [3.63, 3.8) is 0 Å². The fourth-order valence-electron chi connectivity index (χ4n) is 5.62. The molecule has 255 valence electrons. The zero-order valence-electron chi connectivity index (χ0n) is 30.2. The van der Waals surface area contributed by atoms with Gasteiger partial charge in [0.2, 0.25) is 0 Å². The van der Waals surface area contributed by atoms with Crippen LogP contribution in [0, 0.1) is 5.92 Å². The second kappa shape index (κ2) is 19.0. The Labute approximate surface area is 271 Å². The van der Waals surface area contributed by atoms with E-state index in [-0.39, 0.29) is 11.9 Å². The maximum atomic E-state index is 13.4. The van der Waals surface area contributed by atoms with Crippen LogP contribution in [0.15, 0.2) is 0 Å². The summed E-state index contributed by atoms with van der Waals surface area (Å²) in [5.74, 6) is -1.08. The fourth-order valence-corrected chi connectivity index (χ4v) is 31.5. The van der Waals surface area contributed by atoms with Crippen LogP contribution in [0.3, 0.4) is 0 Å². The molecule has 0 aromatic heterocycles. The number of esters is 2. The molecular weight excluding hydrogens is 649 g/mol. The summed E-state index contributed by atoms with van der Waals surface area (Å²) in [5.41, 5.74) is -0.516. The Bertz CT molecular complexity index is 837. The van der Waals surface area contributed by atoms with Gasteiger partial charge in [-0.2, -0.15) is 0 Å². The number of methoxy groups -OCH3 is 2. The maximum absolute atomic E-state index is 13.4. The lowest BCUT2D eigenvalue weighted by Crippen LogP contribution is -2.61. The fraction of sp³-hybridized carbons (Fsp3) is 0.929. The van der Waals surface area contributed by atoms with Crippen LogP contribution < -0.4 is 0 Å². The van der Waals surface area contributed by atoms with E-state index >= 15 is 0 Å².